The van der Waals surface area contributed by atoms with Gasteiger partial charge in [-0.25, -0.2) is 0 Å². The lowest BCUT2D eigenvalue weighted by molar-refractivity contribution is -0.155. The minimum atomic E-state index is -1.19. The zero-order valence-corrected chi connectivity index (χ0v) is 7.57. The Morgan fingerprint density at radius 3 is 2.23 bits per heavy atom. The SMILES string of the molecule is CCOC(=O)[C@H](CC(=O)O)C(C)=O. The molecule has 0 spiro atoms. The maximum atomic E-state index is 11.0. The average Bonchev–Trinajstić information content (AvgIpc) is 1.99. The molecule has 0 amide bonds. The van der Waals surface area contributed by atoms with E-state index in [0.29, 0.717) is 0 Å². The van der Waals surface area contributed by atoms with Crippen LogP contribution in [0.3, 0.4) is 0 Å². The van der Waals surface area contributed by atoms with E-state index in [1.807, 2.05) is 0 Å². The normalized spacial score (nSPS) is 11.8. The summed E-state index contributed by atoms with van der Waals surface area (Å²) in [6.07, 6.45) is -0.506. The molecule has 0 rings (SSSR count). The number of aliphatic carboxylic acids is 1. The number of ketones is 1. The molecule has 0 saturated carbocycles. The summed E-state index contributed by atoms with van der Waals surface area (Å²) in [4.78, 5) is 32.1. The predicted molar refractivity (Wildman–Crippen MR) is 43.1 cm³/mol. The Morgan fingerprint density at radius 2 is 1.92 bits per heavy atom. The van der Waals surface area contributed by atoms with Crippen LogP contribution in [0.2, 0.25) is 0 Å². The highest BCUT2D eigenvalue weighted by molar-refractivity contribution is 6.00. The molecule has 0 aromatic carbocycles. The van der Waals surface area contributed by atoms with Gasteiger partial charge in [0, 0.05) is 0 Å². The lowest BCUT2D eigenvalue weighted by Gasteiger charge is -2.09. The summed E-state index contributed by atoms with van der Waals surface area (Å²) in [7, 11) is 0. The Bertz CT molecular complexity index is 221. The second-order valence-corrected chi connectivity index (χ2v) is 2.51. The van der Waals surface area contributed by atoms with E-state index in [1.54, 1.807) is 6.92 Å². The molecule has 1 N–H and O–H groups in total. The molecule has 5 nitrogen and oxygen atoms in total. The van der Waals surface area contributed by atoms with Crippen molar-refractivity contribution in [3.05, 3.63) is 0 Å². The third kappa shape index (κ3) is 4.25. The van der Waals surface area contributed by atoms with Gasteiger partial charge in [0.05, 0.1) is 13.0 Å². The van der Waals surface area contributed by atoms with E-state index in [4.69, 9.17) is 5.11 Å². The van der Waals surface area contributed by atoms with E-state index < -0.39 is 30.1 Å². The van der Waals surface area contributed by atoms with Crippen LogP contribution in [-0.2, 0) is 19.1 Å². The molecular weight excluding hydrogens is 176 g/mol. The number of esters is 1. The summed E-state index contributed by atoms with van der Waals surface area (Å²) in [6, 6.07) is 0. The molecule has 0 unspecified atom stereocenters. The molecule has 0 fully saturated rings. The molecule has 0 aliphatic heterocycles. The van der Waals surface area contributed by atoms with Gasteiger partial charge in [0.25, 0.3) is 0 Å². The van der Waals surface area contributed by atoms with E-state index in [1.165, 1.54) is 6.92 Å². The topological polar surface area (TPSA) is 80.7 Å². The molecule has 0 bridgehead atoms. The van der Waals surface area contributed by atoms with Gasteiger partial charge in [-0.1, -0.05) is 0 Å². The van der Waals surface area contributed by atoms with Crippen molar-refractivity contribution in [2.75, 3.05) is 6.61 Å². The smallest absolute Gasteiger partial charge is 0.317 e. The monoisotopic (exact) mass is 188 g/mol. The molecule has 0 aromatic rings. The summed E-state index contributed by atoms with van der Waals surface area (Å²) in [5.41, 5.74) is 0. The summed E-state index contributed by atoms with van der Waals surface area (Å²) in [6.45, 7) is 2.91. The van der Waals surface area contributed by atoms with Crippen LogP contribution >= 0.6 is 0 Å². The van der Waals surface area contributed by atoms with Crippen LogP contribution in [0.1, 0.15) is 20.3 Å². The van der Waals surface area contributed by atoms with Crippen molar-refractivity contribution in [1.29, 1.82) is 0 Å². The molecule has 0 saturated heterocycles. The van der Waals surface area contributed by atoms with E-state index in [9.17, 15) is 14.4 Å². The van der Waals surface area contributed by atoms with E-state index in [-0.39, 0.29) is 6.61 Å². The average molecular weight is 188 g/mol. The highest BCUT2D eigenvalue weighted by Gasteiger charge is 2.27. The predicted octanol–water partition coefficient (Wildman–Crippen LogP) is 0.229. The van der Waals surface area contributed by atoms with Crippen LogP contribution in [0.5, 0.6) is 0 Å². The molecule has 74 valence electrons. The van der Waals surface area contributed by atoms with Crippen LogP contribution < -0.4 is 0 Å². The van der Waals surface area contributed by atoms with Crippen molar-refractivity contribution in [2.24, 2.45) is 5.92 Å². The summed E-state index contributed by atoms with van der Waals surface area (Å²) >= 11 is 0. The number of carboxylic acid groups (broad SMARTS) is 1. The standard InChI is InChI=1S/C8H12O5/c1-3-13-8(12)6(5(2)9)4-7(10)11/h6H,3-4H2,1-2H3,(H,10,11)/t6-/m1/s1. The molecule has 0 aliphatic rings. The zero-order valence-electron chi connectivity index (χ0n) is 7.57. The van der Waals surface area contributed by atoms with Crippen LogP contribution in [0, 0.1) is 5.92 Å². The molecule has 5 heteroatoms. The summed E-state index contributed by atoms with van der Waals surface area (Å²) < 4.78 is 4.54. The van der Waals surface area contributed by atoms with Crippen molar-refractivity contribution in [2.45, 2.75) is 20.3 Å². The number of rotatable bonds is 5. The highest BCUT2D eigenvalue weighted by Crippen LogP contribution is 2.07. The number of ether oxygens (including phenoxy) is 1. The minimum Gasteiger partial charge on any atom is -0.481 e. The molecule has 0 heterocycles. The Hall–Kier alpha value is -1.39. The Kier molecular flexibility index (Phi) is 4.72. The third-order valence-electron chi connectivity index (χ3n) is 1.44. The first-order valence-corrected chi connectivity index (χ1v) is 3.88. The van der Waals surface area contributed by atoms with Crippen LogP contribution in [0.25, 0.3) is 0 Å². The summed E-state index contributed by atoms with van der Waals surface area (Å²) in [5.74, 6) is -3.61. The number of hydrogen-bond acceptors (Lipinski definition) is 4. The van der Waals surface area contributed by atoms with Crippen molar-refractivity contribution < 1.29 is 24.2 Å². The highest BCUT2D eigenvalue weighted by atomic mass is 16.5. The molecule has 13 heavy (non-hydrogen) atoms. The third-order valence-corrected chi connectivity index (χ3v) is 1.44. The number of carbonyl (C=O) groups excluding carboxylic acids is 2. The van der Waals surface area contributed by atoms with E-state index >= 15 is 0 Å². The number of carboxylic acids is 1. The first kappa shape index (κ1) is 11.6. The Labute approximate surface area is 75.7 Å². The quantitative estimate of drug-likeness (QED) is 0.493. The van der Waals surface area contributed by atoms with Crippen molar-refractivity contribution in [3.8, 4) is 0 Å². The van der Waals surface area contributed by atoms with Crippen LogP contribution in [-0.4, -0.2) is 29.4 Å². The second-order valence-electron chi connectivity index (χ2n) is 2.51. The molecule has 0 aromatic heterocycles. The van der Waals surface area contributed by atoms with Gasteiger partial charge in [-0.2, -0.15) is 0 Å². The minimum absolute atomic E-state index is 0.141. The Balaban J connectivity index is 4.32. The van der Waals surface area contributed by atoms with Gasteiger partial charge in [-0.15, -0.1) is 0 Å². The first-order chi connectivity index (χ1) is 5.99. The first-order valence-electron chi connectivity index (χ1n) is 3.88. The fraction of sp³-hybridized carbons (Fsp3) is 0.625. The van der Waals surface area contributed by atoms with Gasteiger partial charge in [0.15, 0.2) is 0 Å². The number of carbonyl (C=O) groups is 3. The van der Waals surface area contributed by atoms with Gasteiger partial charge in [0.2, 0.25) is 0 Å². The molecule has 0 radical (unpaired) electrons. The lowest BCUT2D eigenvalue weighted by atomic mass is 10.0. The van der Waals surface area contributed by atoms with Crippen molar-refractivity contribution >= 4 is 17.7 Å². The number of Topliss-reactive ketones (excluding diaryl/α,β-unsaturated/α-hetero) is 1. The molecular formula is C8H12O5. The van der Waals surface area contributed by atoms with Gasteiger partial charge >= 0.3 is 11.9 Å². The van der Waals surface area contributed by atoms with Crippen molar-refractivity contribution in [1.82, 2.24) is 0 Å². The maximum Gasteiger partial charge on any atom is 0.317 e. The molecule has 1 atom stereocenters. The van der Waals surface area contributed by atoms with Gasteiger partial charge < -0.3 is 9.84 Å². The Morgan fingerprint density at radius 1 is 1.38 bits per heavy atom. The maximum absolute atomic E-state index is 11.0. The lowest BCUT2D eigenvalue weighted by Crippen LogP contribution is -2.26. The van der Waals surface area contributed by atoms with Crippen LogP contribution in [0.4, 0.5) is 0 Å². The fourth-order valence-corrected chi connectivity index (χ4v) is 0.810. The van der Waals surface area contributed by atoms with Crippen LogP contribution in [0.15, 0.2) is 0 Å². The van der Waals surface area contributed by atoms with Gasteiger partial charge in [0.1, 0.15) is 11.7 Å². The van der Waals surface area contributed by atoms with Gasteiger partial charge in [-0.3, -0.25) is 14.4 Å². The summed E-state index contributed by atoms with van der Waals surface area (Å²) in [5, 5.41) is 8.39. The molecule has 0 aliphatic carbocycles. The fourth-order valence-electron chi connectivity index (χ4n) is 0.810. The number of hydrogen-bond donors (Lipinski definition) is 1. The largest absolute Gasteiger partial charge is 0.481 e. The zero-order chi connectivity index (χ0) is 10.4. The van der Waals surface area contributed by atoms with Gasteiger partial charge in [-0.05, 0) is 13.8 Å². The van der Waals surface area contributed by atoms with E-state index in [2.05, 4.69) is 4.74 Å². The second kappa shape index (κ2) is 5.29. The van der Waals surface area contributed by atoms with E-state index in [0.717, 1.165) is 0 Å². The van der Waals surface area contributed by atoms with Crippen molar-refractivity contribution in [3.63, 3.8) is 0 Å².